The third-order valence-corrected chi connectivity index (χ3v) is 3.46. The van der Waals surface area contributed by atoms with E-state index in [4.69, 9.17) is 0 Å². The van der Waals surface area contributed by atoms with E-state index in [1.807, 2.05) is 6.07 Å². The number of pyridine rings is 1. The molecule has 0 aliphatic carbocycles. The second kappa shape index (κ2) is 7.30. The Morgan fingerprint density at radius 3 is 2.72 bits per heavy atom. The van der Waals surface area contributed by atoms with Gasteiger partial charge in [0.1, 0.15) is 12.0 Å². The average molecular weight is 337 g/mol. The SMILES string of the molecule is CNC(=O)c1cccc(CNC(=O)c2ccc(-n3cnnn3)cn2)c1. The monoisotopic (exact) mass is 337 g/mol. The van der Waals surface area contributed by atoms with Crippen molar-refractivity contribution >= 4 is 11.8 Å². The van der Waals surface area contributed by atoms with E-state index in [9.17, 15) is 9.59 Å². The molecule has 0 atom stereocenters. The molecule has 25 heavy (non-hydrogen) atoms. The standard InChI is InChI=1S/C16H15N7O2/c1-17-15(24)12-4-2-3-11(7-12)8-19-16(25)14-6-5-13(9-18-14)23-10-20-21-22-23/h2-7,9-10H,8H2,1H3,(H,17,24)(H,19,25). The molecule has 0 fully saturated rings. The third-order valence-electron chi connectivity index (χ3n) is 3.46. The first-order chi connectivity index (χ1) is 12.2. The van der Waals surface area contributed by atoms with Crippen molar-refractivity contribution in [2.45, 2.75) is 6.54 Å². The van der Waals surface area contributed by atoms with Gasteiger partial charge in [0.15, 0.2) is 0 Å². The van der Waals surface area contributed by atoms with Gasteiger partial charge in [-0.3, -0.25) is 9.59 Å². The van der Waals surface area contributed by atoms with Gasteiger partial charge >= 0.3 is 0 Å². The summed E-state index contributed by atoms with van der Waals surface area (Å²) in [5.74, 6) is -0.485. The van der Waals surface area contributed by atoms with Crippen LogP contribution in [0.5, 0.6) is 0 Å². The Labute approximate surface area is 143 Å². The van der Waals surface area contributed by atoms with Crippen LogP contribution in [0.2, 0.25) is 0 Å². The second-order valence-corrected chi connectivity index (χ2v) is 5.12. The third kappa shape index (κ3) is 3.83. The Bertz CT molecular complexity index is 876. The highest BCUT2D eigenvalue weighted by atomic mass is 16.2. The van der Waals surface area contributed by atoms with Crippen LogP contribution in [0, 0.1) is 0 Å². The molecule has 3 aromatic rings. The molecule has 0 aliphatic rings. The van der Waals surface area contributed by atoms with Crippen molar-refractivity contribution in [3.63, 3.8) is 0 Å². The molecule has 0 saturated heterocycles. The number of amides is 2. The summed E-state index contributed by atoms with van der Waals surface area (Å²) >= 11 is 0. The van der Waals surface area contributed by atoms with E-state index in [0.717, 1.165) is 5.56 Å². The van der Waals surface area contributed by atoms with Gasteiger partial charge in [0.05, 0.1) is 11.9 Å². The molecule has 9 nitrogen and oxygen atoms in total. The van der Waals surface area contributed by atoms with Crippen LogP contribution in [0.15, 0.2) is 48.9 Å². The summed E-state index contributed by atoms with van der Waals surface area (Å²) in [6.45, 7) is 0.292. The fourth-order valence-corrected chi connectivity index (χ4v) is 2.18. The molecule has 1 aromatic carbocycles. The maximum atomic E-state index is 12.2. The van der Waals surface area contributed by atoms with Crippen molar-refractivity contribution in [1.82, 2.24) is 35.8 Å². The summed E-state index contributed by atoms with van der Waals surface area (Å²) in [5.41, 5.74) is 2.29. The lowest BCUT2D eigenvalue weighted by Gasteiger charge is -2.07. The quantitative estimate of drug-likeness (QED) is 0.694. The van der Waals surface area contributed by atoms with E-state index in [1.165, 1.54) is 17.2 Å². The minimum absolute atomic E-state index is 0.173. The van der Waals surface area contributed by atoms with Crippen LogP contribution in [0.4, 0.5) is 0 Å². The summed E-state index contributed by atoms with van der Waals surface area (Å²) in [4.78, 5) is 27.9. The van der Waals surface area contributed by atoms with Crippen molar-refractivity contribution in [3.8, 4) is 5.69 Å². The van der Waals surface area contributed by atoms with E-state index in [2.05, 4.69) is 31.1 Å². The van der Waals surface area contributed by atoms with Crippen molar-refractivity contribution in [3.05, 3.63) is 65.7 Å². The molecule has 2 N–H and O–H groups in total. The number of benzene rings is 1. The van der Waals surface area contributed by atoms with Gasteiger partial charge in [0, 0.05) is 19.2 Å². The number of hydrogen-bond donors (Lipinski definition) is 2. The molecule has 9 heteroatoms. The smallest absolute Gasteiger partial charge is 0.270 e. The molecule has 0 unspecified atom stereocenters. The zero-order valence-electron chi connectivity index (χ0n) is 13.4. The van der Waals surface area contributed by atoms with Crippen LogP contribution < -0.4 is 10.6 Å². The van der Waals surface area contributed by atoms with E-state index in [1.54, 1.807) is 37.4 Å². The lowest BCUT2D eigenvalue weighted by molar-refractivity contribution is 0.0944. The molecule has 0 aliphatic heterocycles. The van der Waals surface area contributed by atoms with Crippen molar-refractivity contribution in [2.24, 2.45) is 0 Å². The van der Waals surface area contributed by atoms with E-state index in [0.29, 0.717) is 17.8 Å². The first kappa shape index (κ1) is 16.2. The Hall–Kier alpha value is -3.62. The maximum Gasteiger partial charge on any atom is 0.270 e. The van der Waals surface area contributed by atoms with Gasteiger partial charge < -0.3 is 10.6 Å². The molecule has 126 valence electrons. The van der Waals surface area contributed by atoms with Gasteiger partial charge in [-0.15, -0.1) is 5.10 Å². The van der Waals surface area contributed by atoms with Gasteiger partial charge in [-0.2, -0.15) is 4.68 Å². The average Bonchev–Trinajstić information content (AvgIpc) is 3.20. The molecule has 0 saturated carbocycles. The second-order valence-electron chi connectivity index (χ2n) is 5.12. The first-order valence-corrected chi connectivity index (χ1v) is 7.46. The largest absolute Gasteiger partial charge is 0.355 e. The topological polar surface area (TPSA) is 115 Å². The molecule has 0 spiro atoms. The lowest BCUT2D eigenvalue weighted by atomic mass is 10.1. The normalized spacial score (nSPS) is 10.3. The van der Waals surface area contributed by atoms with Crippen LogP contribution >= 0.6 is 0 Å². The van der Waals surface area contributed by atoms with Crippen LogP contribution in [0.25, 0.3) is 5.69 Å². The summed E-state index contributed by atoms with van der Waals surface area (Å²) in [6, 6.07) is 10.3. The summed E-state index contributed by atoms with van der Waals surface area (Å²) in [6.07, 6.45) is 2.95. The fourth-order valence-electron chi connectivity index (χ4n) is 2.18. The Balaban J connectivity index is 1.64. The van der Waals surface area contributed by atoms with E-state index >= 15 is 0 Å². The minimum atomic E-state index is -0.311. The summed E-state index contributed by atoms with van der Waals surface area (Å²) < 4.78 is 1.44. The zero-order valence-corrected chi connectivity index (χ0v) is 13.4. The molecule has 2 heterocycles. The van der Waals surface area contributed by atoms with Crippen LogP contribution in [-0.4, -0.2) is 44.1 Å². The fraction of sp³-hybridized carbons (Fsp3) is 0.125. The van der Waals surface area contributed by atoms with Gasteiger partial charge in [-0.25, -0.2) is 4.98 Å². The molecule has 0 bridgehead atoms. The number of nitrogens with one attached hydrogen (secondary N) is 2. The number of tetrazole rings is 1. The van der Waals surface area contributed by atoms with Crippen LogP contribution in [-0.2, 0) is 6.54 Å². The van der Waals surface area contributed by atoms with Crippen molar-refractivity contribution < 1.29 is 9.59 Å². The van der Waals surface area contributed by atoms with E-state index < -0.39 is 0 Å². The van der Waals surface area contributed by atoms with Gasteiger partial charge in [-0.05, 0) is 40.3 Å². The summed E-state index contributed by atoms with van der Waals surface area (Å²) in [7, 11) is 1.57. The van der Waals surface area contributed by atoms with E-state index in [-0.39, 0.29) is 17.5 Å². The van der Waals surface area contributed by atoms with Crippen molar-refractivity contribution in [2.75, 3.05) is 7.05 Å². The number of rotatable bonds is 5. The summed E-state index contributed by atoms with van der Waals surface area (Å²) in [5, 5.41) is 16.2. The number of nitrogens with zero attached hydrogens (tertiary/aromatic N) is 5. The molecule has 0 radical (unpaired) electrons. The molecule has 3 rings (SSSR count). The Kier molecular flexibility index (Phi) is 4.74. The Morgan fingerprint density at radius 1 is 1.16 bits per heavy atom. The highest BCUT2D eigenvalue weighted by Crippen LogP contribution is 2.07. The predicted molar refractivity (Wildman–Crippen MR) is 88.0 cm³/mol. The van der Waals surface area contributed by atoms with Crippen molar-refractivity contribution in [1.29, 1.82) is 0 Å². The van der Waals surface area contributed by atoms with Gasteiger partial charge in [0.25, 0.3) is 11.8 Å². The predicted octanol–water partition coefficient (Wildman–Crippen LogP) is 0.347. The Morgan fingerprint density at radius 2 is 2.04 bits per heavy atom. The lowest BCUT2D eigenvalue weighted by Crippen LogP contribution is -2.24. The highest BCUT2D eigenvalue weighted by Gasteiger charge is 2.09. The first-order valence-electron chi connectivity index (χ1n) is 7.46. The molecule has 2 amide bonds. The number of carbonyl (C=O) groups is 2. The van der Waals surface area contributed by atoms with Crippen LogP contribution in [0.3, 0.4) is 0 Å². The van der Waals surface area contributed by atoms with Crippen LogP contribution in [0.1, 0.15) is 26.4 Å². The highest BCUT2D eigenvalue weighted by molar-refractivity contribution is 5.94. The number of carbonyl (C=O) groups excluding carboxylic acids is 2. The number of hydrogen-bond acceptors (Lipinski definition) is 6. The number of aromatic nitrogens is 5. The van der Waals surface area contributed by atoms with Gasteiger partial charge in [-0.1, -0.05) is 12.1 Å². The minimum Gasteiger partial charge on any atom is -0.355 e. The van der Waals surface area contributed by atoms with Gasteiger partial charge in [0.2, 0.25) is 0 Å². The molecular formula is C16H15N7O2. The molecule has 2 aromatic heterocycles. The maximum absolute atomic E-state index is 12.2. The zero-order chi connectivity index (χ0) is 17.6. The molecular weight excluding hydrogens is 322 g/mol.